The maximum absolute atomic E-state index is 12.9. The van der Waals surface area contributed by atoms with Gasteiger partial charge in [0.1, 0.15) is 5.75 Å². The number of carbonyl (C=O) groups is 3. The number of benzene rings is 2. The van der Waals surface area contributed by atoms with E-state index in [1.165, 1.54) is 6.92 Å². The van der Waals surface area contributed by atoms with Gasteiger partial charge in [-0.2, -0.15) is 0 Å². The number of esters is 2. The number of methoxy groups -OCH3 is 1. The molecule has 2 aromatic rings. The molecule has 0 spiro atoms. The van der Waals surface area contributed by atoms with Crippen molar-refractivity contribution < 1.29 is 38.4 Å². The summed E-state index contributed by atoms with van der Waals surface area (Å²) in [5, 5.41) is 10.9. The second-order valence-corrected chi connectivity index (χ2v) is 13.4. The second kappa shape index (κ2) is 17.7. The molecule has 8 nitrogen and oxygen atoms in total. The van der Waals surface area contributed by atoms with Gasteiger partial charge in [0.25, 0.3) is 0 Å². The number of cyclic esters (lactones) is 1. The molecule has 0 amide bonds. The molecular weight excluding hydrogens is 639 g/mol. The van der Waals surface area contributed by atoms with Crippen LogP contribution in [0.5, 0.6) is 5.75 Å². The Morgan fingerprint density at radius 2 is 1.73 bits per heavy atom. The van der Waals surface area contributed by atoms with E-state index in [-0.39, 0.29) is 50.6 Å². The topological polar surface area (TPSA) is 108 Å². The summed E-state index contributed by atoms with van der Waals surface area (Å²) >= 11 is -0.341. The average Bonchev–Trinajstić information content (AvgIpc) is 3.35. The van der Waals surface area contributed by atoms with Crippen LogP contribution in [0.1, 0.15) is 45.6 Å². The molecule has 0 radical (unpaired) electrons. The van der Waals surface area contributed by atoms with Crippen LogP contribution >= 0.6 is 0 Å². The fourth-order valence-corrected chi connectivity index (χ4v) is 6.46. The van der Waals surface area contributed by atoms with E-state index < -0.39 is 30.3 Å². The van der Waals surface area contributed by atoms with Crippen molar-refractivity contribution in [1.29, 1.82) is 0 Å². The molecule has 2 aromatic carbocycles. The monoisotopic (exact) mass is 682 g/mol. The average molecular weight is 682 g/mol. The Morgan fingerprint density at radius 1 is 1.04 bits per heavy atom. The van der Waals surface area contributed by atoms with Crippen LogP contribution in [-0.4, -0.2) is 68.7 Å². The van der Waals surface area contributed by atoms with Gasteiger partial charge in [0, 0.05) is 0 Å². The van der Waals surface area contributed by atoms with Gasteiger partial charge in [0.15, 0.2) is 0 Å². The molecule has 0 aromatic heterocycles. The zero-order chi connectivity index (χ0) is 32.9. The van der Waals surface area contributed by atoms with Gasteiger partial charge >= 0.3 is 190 Å². The molecule has 4 atom stereocenters. The zero-order valence-corrected chi connectivity index (χ0v) is 28.0. The molecule has 240 valence electrons. The Kier molecular flexibility index (Phi) is 14.0. The van der Waals surface area contributed by atoms with Crippen LogP contribution in [0.4, 0.5) is 0 Å². The predicted molar refractivity (Wildman–Crippen MR) is 174 cm³/mol. The van der Waals surface area contributed by atoms with Crippen LogP contribution in [0.15, 0.2) is 102 Å². The number of aliphatic hydroxyl groups is 1. The SMILES string of the molecule is C=C(COCc1ccc(OC)cc1)C(O)C[C@H](CC(OC(C)=O)C1=C[C@@H](C/C(C)=C/C(=O)[Se]c2ccccc2)OC1=O)C(=C)C. The molecule has 0 fully saturated rings. The van der Waals surface area contributed by atoms with Crippen LogP contribution in [0.25, 0.3) is 0 Å². The Morgan fingerprint density at radius 3 is 2.36 bits per heavy atom. The normalized spacial score (nSPS) is 16.6. The third-order valence-corrected chi connectivity index (χ3v) is 8.99. The van der Waals surface area contributed by atoms with Crippen molar-refractivity contribution in [2.24, 2.45) is 5.92 Å². The van der Waals surface area contributed by atoms with Crippen molar-refractivity contribution in [3.05, 3.63) is 108 Å². The quantitative estimate of drug-likeness (QED) is 0.104. The van der Waals surface area contributed by atoms with E-state index >= 15 is 0 Å². The van der Waals surface area contributed by atoms with E-state index in [2.05, 4.69) is 13.2 Å². The molecule has 0 saturated carbocycles. The van der Waals surface area contributed by atoms with Gasteiger partial charge in [-0.25, -0.2) is 0 Å². The van der Waals surface area contributed by atoms with E-state index in [1.54, 1.807) is 19.3 Å². The molecule has 9 heteroatoms. The van der Waals surface area contributed by atoms with Crippen LogP contribution in [0.3, 0.4) is 0 Å². The molecule has 45 heavy (non-hydrogen) atoms. The molecular formula is C36H42O8Se. The standard InChI is InChI=1S/C36H42O8Se/c1-23(2)28(18-33(38)25(4)21-42-22-27-12-14-29(41-6)15-13-27)19-34(43-26(5)37)32-20-30(44-36(32)40)16-24(3)17-35(39)45-31-10-8-7-9-11-31/h7-15,17,20,28,30,33-34,38H,1,4,16,18-19,21-22H2,2-3,5-6H3/b24-17+/t28-,30-,33?,34?/m1/s1. The van der Waals surface area contributed by atoms with Gasteiger partial charge < -0.3 is 14.6 Å². The van der Waals surface area contributed by atoms with Gasteiger partial charge in [-0.1, -0.05) is 18.7 Å². The predicted octanol–water partition coefficient (Wildman–Crippen LogP) is 4.78. The van der Waals surface area contributed by atoms with Crippen LogP contribution in [0, 0.1) is 5.92 Å². The van der Waals surface area contributed by atoms with Crippen molar-refractivity contribution >= 4 is 36.0 Å². The third kappa shape index (κ3) is 11.9. The second-order valence-electron chi connectivity index (χ2n) is 11.1. The molecule has 1 heterocycles. The molecule has 0 bridgehead atoms. The van der Waals surface area contributed by atoms with Gasteiger partial charge in [-0.05, 0) is 23.3 Å². The summed E-state index contributed by atoms with van der Waals surface area (Å²) in [6, 6.07) is 17.1. The maximum atomic E-state index is 12.9. The fourth-order valence-electron chi connectivity index (χ4n) is 4.81. The first-order chi connectivity index (χ1) is 21.4. The van der Waals surface area contributed by atoms with Crippen molar-refractivity contribution in [1.82, 2.24) is 0 Å². The molecule has 0 aliphatic carbocycles. The number of hydrogen-bond donors (Lipinski definition) is 1. The Balaban J connectivity index is 1.60. The third-order valence-electron chi connectivity index (χ3n) is 7.25. The number of aliphatic hydroxyl groups excluding tert-OH is 1. The molecule has 2 unspecified atom stereocenters. The first-order valence-corrected chi connectivity index (χ1v) is 16.4. The number of ether oxygens (including phenoxy) is 4. The van der Waals surface area contributed by atoms with Gasteiger partial charge in [0.05, 0.1) is 20.3 Å². The summed E-state index contributed by atoms with van der Waals surface area (Å²) in [5.74, 6) is -0.655. The summed E-state index contributed by atoms with van der Waals surface area (Å²) < 4.78 is 23.1. The van der Waals surface area contributed by atoms with Crippen LogP contribution in [0.2, 0.25) is 0 Å². The van der Waals surface area contributed by atoms with E-state index in [0.29, 0.717) is 18.6 Å². The van der Waals surface area contributed by atoms with Crippen LogP contribution < -0.4 is 9.20 Å². The fraction of sp³-hybridized carbons (Fsp3) is 0.361. The Bertz CT molecular complexity index is 1410. The Hall–Kier alpha value is -3.75. The van der Waals surface area contributed by atoms with E-state index in [0.717, 1.165) is 26.9 Å². The summed E-state index contributed by atoms with van der Waals surface area (Å²) in [6.07, 6.45) is 1.72. The first-order valence-electron chi connectivity index (χ1n) is 14.7. The van der Waals surface area contributed by atoms with Gasteiger partial charge in [0.2, 0.25) is 0 Å². The summed E-state index contributed by atoms with van der Waals surface area (Å²) in [4.78, 5) is 37.5. The van der Waals surface area contributed by atoms with E-state index in [9.17, 15) is 19.5 Å². The summed E-state index contributed by atoms with van der Waals surface area (Å²) in [6.45, 7) is 13.5. The Labute approximate surface area is 271 Å². The number of allylic oxidation sites excluding steroid dienone is 2. The number of carbonyl (C=O) groups excluding carboxylic acids is 3. The first kappa shape index (κ1) is 35.7. The van der Waals surface area contributed by atoms with Crippen molar-refractivity contribution in [3.8, 4) is 5.75 Å². The van der Waals surface area contributed by atoms with Gasteiger partial charge in [-0.15, -0.1) is 0 Å². The molecule has 1 aliphatic rings. The number of hydrogen-bond acceptors (Lipinski definition) is 8. The summed E-state index contributed by atoms with van der Waals surface area (Å²) in [5.41, 5.74) is 3.25. The molecule has 1 N–H and O–H groups in total. The number of rotatable bonds is 18. The minimum atomic E-state index is -0.902. The van der Waals surface area contributed by atoms with Gasteiger partial charge in [-0.3, -0.25) is 0 Å². The van der Waals surface area contributed by atoms with Crippen molar-refractivity contribution in [3.63, 3.8) is 0 Å². The molecule has 0 saturated heterocycles. The molecule has 3 rings (SSSR count). The molecule has 1 aliphatic heterocycles. The van der Waals surface area contributed by atoms with E-state index in [1.807, 2.05) is 68.4 Å². The minimum absolute atomic E-state index is 0.0214. The van der Waals surface area contributed by atoms with Crippen molar-refractivity contribution in [2.75, 3.05) is 13.7 Å². The zero-order valence-electron chi connectivity index (χ0n) is 26.3. The van der Waals surface area contributed by atoms with Crippen molar-refractivity contribution in [2.45, 2.75) is 65.0 Å². The van der Waals surface area contributed by atoms with E-state index in [4.69, 9.17) is 18.9 Å². The summed E-state index contributed by atoms with van der Waals surface area (Å²) in [7, 11) is 1.61. The van der Waals surface area contributed by atoms with Crippen LogP contribution in [-0.2, 0) is 35.2 Å².